The maximum Gasteiger partial charge on any atom is 0.418 e. The third kappa shape index (κ3) is 3.27. The maximum atomic E-state index is 13.0. The number of nitrogens with one attached hydrogen (secondary N) is 1. The molecule has 0 fully saturated rings. The third-order valence-corrected chi connectivity index (χ3v) is 4.82. The van der Waals surface area contributed by atoms with Crippen LogP contribution in [0.4, 0.5) is 18.9 Å². The van der Waals surface area contributed by atoms with Gasteiger partial charge in [-0.15, -0.1) is 5.11 Å². The van der Waals surface area contributed by atoms with Crippen LogP contribution in [0.2, 0.25) is 0 Å². The molecule has 0 saturated heterocycles. The molecule has 3 rings (SSSR count). The lowest BCUT2D eigenvalue weighted by atomic mass is 10.1. The van der Waals surface area contributed by atoms with Crippen molar-refractivity contribution in [1.29, 1.82) is 0 Å². The number of H-pyrrole nitrogens is 1. The van der Waals surface area contributed by atoms with E-state index in [0.717, 1.165) is 17.7 Å². The van der Waals surface area contributed by atoms with E-state index < -0.39 is 33.2 Å². The second kappa shape index (κ2) is 6.13. The van der Waals surface area contributed by atoms with E-state index in [0.29, 0.717) is 0 Å². The topological polar surface area (TPSA) is 94.9 Å². The summed E-state index contributed by atoms with van der Waals surface area (Å²) < 4.78 is 66.7. The Kier molecular flexibility index (Phi) is 4.23. The summed E-state index contributed by atoms with van der Waals surface area (Å²) in [5, 5.41) is 13.2. The number of aromatic amines is 1. The van der Waals surface area contributed by atoms with Crippen LogP contribution >= 0.6 is 0 Å². The number of aromatic hydroxyl groups is 1. The van der Waals surface area contributed by atoms with Crippen LogP contribution in [-0.4, -0.2) is 18.5 Å². The molecule has 6 nitrogen and oxygen atoms in total. The minimum atomic E-state index is -4.65. The second-order valence-electron chi connectivity index (χ2n) is 5.52. The summed E-state index contributed by atoms with van der Waals surface area (Å²) in [4.78, 5) is 2.05. The van der Waals surface area contributed by atoms with Crippen molar-refractivity contribution in [3.63, 3.8) is 0 Å². The first-order valence-electron chi connectivity index (χ1n) is 7.25. The lowest BCUT2D eigenvalue weighted by Gasteiger charge is -2.06. The zero-order valence-corrected chi connectivity index (χ0v) is 14.1. The van der Waals surface area contributed by atoms with E-state index in [9.17, 15) is 26.7 Å². The number of hydrogen-bond donors (Lipinski definition) is 2. The molecule has 0 atom stereocenters. The number of sulfonamides is 1. The van der Waals surface area contributed by atoms with Gasteiger partial charge in [-0.25, -0.2) is 0 Å². The molecule has 0 amide bonds. The van der Waals surface area contributed by atoms with Crippen molar-refractivity contribution in [2.45, 2.75) is 18.0 Å². The van der Waals surface area contributed by atoms with Crippen LogP contribution in [0.15, 0.2) is 57.0 Å². The first-order chi connectivity index (χ1) is 12.1. The van der Waals surface area contributed by atoms with Gasteiger partial charge in [-0.3, -0.25) is 0 Å². The zero-order valence-electron chi connectivity index (χ0n) is 13.2. The molecule has 0 aliphatic carbocycles. The molecule has 0 spiro atoms. The van der Waals surface area contributed by atoms with Gasteiger partial charge in [0.15, 0.2) is 5.69 Å². The number of benzene rings is 2. The smallest absolute Gasteiger partial charge is 0.418 e. The number of aryl methyl sites for hydroxylation is 1. The van der Waals surface area contributed by atoms with Crippen molar-refractivity contribution in [2.24, 2.45) is 9.63 Å². The molecule has 0 unspecified atom stereocenters. The Hall–Kier alpha value is -2.88. The highest BCUT2D eigenvalue weighted by Gasteiger charge is 2.34. The van der Waals surface area contributed by atoms with E-state index in [1.165, 1.54) is 18.2 Å². The molecule has 0 bridgehead atoms. The zero-order chi connectivity index (χ0) is 19.1. The normalized spacial score (nSPS) is 12.9. The number of hydrogen-bond acceptors (Lipinski definition) is 4. The van der Waals surface area contributed by atoms with Gasteiger partial charge in [0.1, 0.15) is 0 Å². The first-order valence-corrected chi connectivity index (χ1v) is 8.69. The molecular formula is C16H12F3N3O3S. The Labute approximate surface area is 146 Å². The first kappa shape index (κ1) is 17.9. The van der Waals surface area contributed by atoms with Crippen LogP contribution in [0.5, 0.6) is 5.88 Å². The lowest BCUT2D eigenvalue weighted by Crippen LogP contribution is -2.05. The van der Waals surface area contributed by atoms with Crippen molar-refractivity contribution in [2.75, 3.05) is 0 Å². The van der Waals surface area contributed by atoms with Gasteiger partial charge in [-0.05, 0) is 25.1 Å². The van der Waals surface area contributed by atoms with E-state index in [1.54, 1.807) is 19.1 Å². The SMILES string of the molecule is Cc1ccc(S(=O)(=O)N=Nc2c(O)[nH]c3c(C(F)(F)F)cccc23)cc1. The fourth-order valence-corrected chi connectivity index (χ4v) is 3.14. The lowest BCUT2D eigenvalue weighted by molar-refractivity contribution is -0.136. The predicted octanol–water partition coefficient (Wildman–Crippen LogP) is 4.67. The summed E-state index contributed by atoms with van der Waals surface area (Å²) in [5.74, 6) is -0.709. The summed E-state index contributed by atoms with van der Waals surface area (Å²) in [5.41, 5.74) is -0.955. The van der Waals surface area contributed by atoms with Crippen molar-refractivity contribution < 1.29 is 26.7 Å². The van der Waals surface area contributed by atoms with Crippen molar-refractivity contribution in [3.05, 3.63) is 53.6 Å². The molecule has 0 saturated carbocycles. The molecule has 136 valence electrons. The summed E-state index contributed by atoms with van der Waals surface area (Å²) in [7, 11) is -4.17. The summed E-state index contributed by atoms with van der Waals surface area (Å²) in [6.07, 6.45) is -4.65. The number of aromatic nitrogens is 1. The van der Waals surface area contributed by atoms with Gasteiger partial charge in [0.05, 0.1) is 16.0 Å². The van der Waals surface area contributed by atoms with Crippen molar-refractivity contribution >= 4 is 26.6 Å². The van der Waals surface area contributed by atoms with Crippen molar-refractivity contribution in [3.8, 4) is 5.88 Å². The van der Waals surface area contributed by atoms with Gasteiger partial charge in [0.2, 0.25) is 5.88 Å². The van der Waals surface area contributed by atoms with Gasteiger partial charge in [-0.1, -0.05) is 34.3 Å². The van der Waals surface area contributed by atoms with Crippen LogP contribution in [0.25, 0.3) is 10.9 Å². The minimum Gasteiger partial charge on any atom is -0.493 e. The molecule has 3 aromatic rings. The molecule has 1 aromatic heterocycles. The average molecular weight is 383 g/mol. The Morgan fingerprint density at radius 3 is 2.35 bits per heavy atom. The molecule has 10 heteroatoms. The highest BCUT2D eigenvalue weighted by atomic mass is 32.2. The molecule has 0 radical (unpaired) electrons. The van der Waals surface area contributed by atoms with Gasteiger partial charge in [0.25, 0.3) is 10.0 Å². The second-order valence-corrected chi connectivity index (χ2v) is 7.10. The molecule has 1 heterocycles. The number of para-hydroxylation sites is 1. The third-order valence-electron chi connectivity index (χ3n) is 3.66. The van der Waals surface area contributed by atoms with Crippen LogP contribution in [-0.2, 0) is 16.2 Å². The molecule has 2 aromatic carbocycles. The van der Waals surface area contributed by atoms with E-state index >= 15 is 0 Å². The Balaban J connectivity index is 2.08. The van der Waals surface area contributed by atoms with E-state index in [1.807, 2.05) is 0 Å². The monoisotopic (exact) mass is 383 g/mol. The minimum absolute atomic E-state index is 0.0971. The maximum absolute atomic E-state index is 13.0. The summed E-state index contributed by atoms with van der Waals surface area (Å²) in [6, 6.07) is 9.05. The number of nitrogens with zero attached hydrogens (tertiary/aromatic N) is 2. The standard InChI is InChI=1S/C16H12F3N3O3S/c1-9-5-7-10(8-6-9)26(24,25)22-21-14-11-3-2-4-12(16(17,18)19)13(11)20-15(14)23/h2-8,20,23H,1H3. The van der Waals surface area contributed by atoms with Gasteiger partial charge < -0.3 is 10.1 Å². The fraction of sp³-hybridized carbons (Fsp3) is 0.125. The highest BCUT2D eigenvalue weighted by Crippen LogP contribution is 2.41. The Morgan fingerprint density at radius 2 is 1.73 bits per heavy atom. The van der Waals surface area contributed by atoms with Crippen LogP contribution in [0, 0.1) is 6.92 Å². The highest BCUT2D eigenvalue weighted by molar-refractivity contribution is 7.90. The van der Waals surface area contributed by atoms with Gasteiger partial charge >= 0.3 is 6.18 Å². The molecular weight excluding hydrogens is 371 g/mol. The predicted molar refractivity (Wildman–Crippen MR) is 87.8 cm³/mol. The van der Waals surface area contributed by atoms with Gasteiger partial charge in [0, 0.05) is 5.39 Å². The number of rotatable bonds is 3. The molecule has 26 heavy (non-hydrogen) atoms. The number of fused-ring (bicyclic) bond motifs is 1. The number of halogens is 3. The number of alkyl halides is 3. The fourth-order valence-electron chi connectivity index (χ4n) is 2.38. The summed E-state index contributed by atoms with van der Waals surface area (Å²) in [6.45, 7) is 1.78. The van der Waals surface area contributed by atoms with Crippen LogP contribution in [0.3, 0.4) is 0 Å². The van der Waals surface area contributed by atoms with E-state index in [2.05, 4.69) is 14.6 Å². The van der Waals surface area contributed by atoms with E-state index in [4.69, 9.17) is 0 Å². The van der Waals surface area contributed by atoms with Crippen molar-refractivity contribution in [1.82, 2.24) is 4.98 Å². The molecule has 0 aliphatic rings. The Morgan fingerprint density at radius 1 is 1.08 bits per heavy atom. The van der Waals surface area contributed by atoms with Crippen LogP contribution in [0.1, 0.15) is 11.1 Å². The Bertz CT molecular complexity index is 1100. The van der Waals surface area contributed by atoms with Crippen LogP contribution < -0.4 is 0 Å². The summed E-state index contributed by atoms with van der Waals surface area (Å²) >= 11 is 0. The quantitative estimate of drug-likeness (QED) is 0.643. The van der Waals surface area contributed by atoms with E-state index in [-0.39, 0.29) is 16.0 Å². The largest absolute Gasteiger partial charge is 0.493 e. The molecule has 2 N–H and O–H groups in total. The molecule has 0 aliphatic heterocycles. The van der Waals surface area contributed by atoms with Gasteiger partial charge in [-0.2, -0.15) is 21.6 Å². The average Bonchev–Trinajstić information content (AvgIpc) is 2.87.